The fourth-order valence-corrected chi connectivity index (χ4v) is 3.95. The molecule has 0 saturated carbocycles. The number of nitrogen functional groups attached to an aromatic ring is 1. The van der Waals surface area contributed by atoms with E-state index in [-0.39, 0.29) is 21.9 Å². The van der Waals surface area contributed by atoms with Crippen LogP contribution in [0.2, 0.25) is 0 Å². The first-order chi connectivity index (χ1) is 14.6. The Hall–Kier alpha value is -4.09. The second-order valence-corrected chi connectivity index (χ2v) is 7.28. The second kappa shape index (κ2) is 8.11. The number of methoxy groups -OCH3 is 1. The molecule has 8 heteroatoms. The topological polar surface area (TPSA) is 114 Å². The Labute approximate surface area is 176 Å². The number of para-hydroxylation sites is 2. The van der Waals surface area contributed by atoms with E-state index in [0.29, 0.717) is 22.1 Å². The predicted octanol–water partition coefficient (Wildman–Crippen LogP) is 4.84. The molecule has 0 radical (unpaired) electrons. The molecule has 30 heavy (non-hydrogen) atoms. The molecule has 7 nitrogen and oxygen atoms in total. The van der Waals surface area contributed by atoms with E-state index < -0.39 is 5.78 Å². The van der Waals surface area contributed by atoms with E-state index in [0.717, 1.165) is 16.9 Å². The van der Waals surface area contributed by atoms with Crippen LogP contribution in [0, 0.1) is 11.3 Å². The van der Waals surface area contributed by atoms with Crippen LogP contribution in [0.3, 0.4) is 0 Å². The molecule has 0 saturated heterocycles. The molecule has 0 unspecified atom stereocenters. The maximum absolute atomic E-state index is 13.0. The molecule has 0 aliphatic carbocycles. The van der Waals surface area contributed by atoms with Crippen molar-refractivity contribution in [3.63, 3.8) is 0 Å². The van der Waals surface area contributed by atoms with Gasteiger partial charge in [-0.25, -0.2) is 0 Å². The lowest BCUT2D eigenvalue weighted by Gasteiger charge is -2.09. The number of hydrogen-bond donors (Lipinski definition) is 2. The molecule has 2 aromatic carbocycles. The summed E-state index contributed by atoms with van der Waals surface area (Å²) in [6.45, 7) is 0. The minimum Gasteiger partial charge on any atom is -0.495 e. The molecule has 0 fully saturated rings. The average molecular weight is 416 g/mol. The Bertz CT molecular complexity index is 1260. The summed E-state index contributed by atoms with van der Waals surface area (Å²) < 4.78 is 10.6. The van der Waals surface area contributed by atoms with Gasteiger partial charge in [-0.1, -0.05) is 47.6 Å². The smallest absolute Gasteiger partial charge is 0.243 e. The van der Waals surface area contributed by atoms with Crippen molar-refractivity contribution in [3.05, 3.63) is 76.9 Å². The Morgan fingerprint density at radius 1 is 1.20 bits per heavy atom. The van der Waals surface area contributed by atoms with Crippen LogP contribution >= 0.6 is 11.3 Å². The van der Waals surface area contributed by atoms with Gasteiger partial charge in [-0.2, -0.15) is 5.26 Å². The summed E-state index contributed by atoms with van der Waals surface area (Å²) in [5.41, 5.74) is 8.45. The van der Waals surface area contributed by atoms with Gasteiger partial charge in [0.25, 0.3) is 0 Å². The lowest BCUT2D eigenvalue weighted by molar-refractivity contribution is 0.100. The number of rotatable bonds is 6. The van der Waals surface area contributed by atoms with Gasteiger partial charge in [0, 0.05) is 11.6 Å². The third kappa shape index (κ3) is 3.50. The van der Waals surface area contributed by atoms with Crippen molar-refractivity contribution in [2.24, 2.45) is 0 Å². The minimum atomic E-state index is -0.434. The summed E-state index contributed by atoms with van der Waals surface area (Å²) in [5.74, 6) is 0.218. The summed E-state index contributed by atoms with van der Waals surface area (Å²) in [7, 11) is 1.55. The van der Waals surface area contributed by atoms with Gasteiger partial charge in [0.2, 0.25) is 11.5 Å². The third-order valence-corrected chi connectivity index (χ3v) is 5.54. The first kappa shape index (κ1) is 19.2. The molecule has 0 aliphatic rings. The van der Waals surface area contributed by atoms with Crippen LogP contribution in [0.15, 0.2) is 65.2 Å². The van der Waals surface area contributed by atoms with E-state index in [1.165, 1.54) is 0 Å². The molecular weight excluding hydrogens is 400 g/mol. The number of nitrogens with two attached hydrogens (primary N) is 1. The summed E-state index contributed by atoms with van der Waals surface area (Å²) in [5, 5.41) is 17.1. The molecule has 0 spiro atoms. The standard InChI is InChI=1S/C22H16N4O3S/c1-28-17-10-6-5-9-15(17)25-22-14(12-23)19(24)21(30-22)20(27)18-11-16(26-29-18)13-7-3-2-4-8-13/h2-11,25H,24H2,1H3. The van der Waals surface area contributed by atoms with Crippen LogP contribution in [-0.2, 0) is 0 Å². The number of aromatic nitrogens is 1. The molecule has 0 bridgehead atoms. The van der Waals surface area contributed by atoms with Gasteiger partial charge in [0.05, 0.1) is 18.5 Å². The van der Waals surface area contributed by atoms with Crippen molar-refractivity contribution in [1.82, 2.24) is 5.16 Å². The molecule has 2 aromatic heterocycles. The van der Waals surface area contributed by atoms with Gasteiger partial charge in [-0.15, -0.1) is 11.3 Å². The van der Waals surface area contributed by atoms with Gasteiger partial charge in [-0.05, 0) is 12.1 Å². The second-order valence-electron chi connectivity index (χ2n) is 6.26. The van der Waals surface area contributed by atoms with Gasteiger partial charge in [-0.3, -0.25) is 4.79 Å². The molecule has 4 aromatic rings. The number of carbonyl (C=O) groups is 1. The number of nitriles is 1. The maximum atomic E-state index is 13.0. The van der Waals surface area contributed by atoms with Gasteiger partial charge >= 0.3 is 0 Å². The number of benzene rings is 2. The van der Waals surface area contributed by atoms with Gasteiger partial charge in [0.1, 0.15) is 33.0 Å². The Balaban J connectivity index is 1.68. The van der Waals surface area contributed by atoms with Crippen molar-refractivity contribution < 1.29 is 14.1 Å². The van der Waals surface area contributed by atoms with Crippen LogP contribution in [0.5, 0.6) is 5.75 Å². The maximum Gasteiger partial charge on any atom is 0.243 e. The van der Waals surface area contributed by atoms with Crippen LogP contribution in [0.1, 0.15) is 21.0 Å². The number of nitrogens with one attached hydrogen (secondary N) is 1. The van der Waals surface area contributed by atoms with Crippen LogP contribution in [-0.4, -0.2) is 18.0 Å². The highest BCUT2D eigenvalue weighted by Crippen LogP contribution is 2.40. The predicted molar refractivity (Wildman–Crippen MR) is 115 cm³/mol. The van der Waals surface area contributed by atoms with Crippen molar-refractivity contribution in [2.75, 3.05) is 18.2 Å². The number of ether oxygens (including phenoxy) is 1. The number of nitrogens with zero attached hydrogens (tertiary/aromatic N) is 2. The number of thiophene rings is 1. The Morgan fingerprint density at radius 3 is 2.67 bits per heavy atom. The molecule has 0 atom stereocenters. The molecule has 0 aliphatic heterocycles. The highest BCUT2D eigenvalue weighted by Gasteiger charge is 2.25. The van der Waals surface area contributed by atoms with Crippen molar-refractivity contribution >= 4 is 33.5 Å². The van der Waals surface area contributed by atoms with Crippen molar-refractivity contribution in [1.29, 1.82) is 5.26 Å². The largest absolute Gasteiger partial charge is 0.495 e. The third-order valence-electron chi connectivity index (χ3n) is 4.42. The molecular formula is C22H16N4O3S. The number of ketones is 1. The monoisotopic (exact) mass is 416 g/mol. The molecule has 2 heterocycles. The SMILES string of the molecule is COc1ccccc1Nc1sc(C(=O)c2cc(-c3ccccc3)no2)c(N)c1C#N. The van der Waals surface area contributed by atoms with Crippen molar-refractivity contribution in [2.45, 2.75) is 0 Å². The van der Waals surface area contributed by atoms with Gasteiger partial charge in [0.15, 0.2) is 0 Å². The van der Waals surface area contributed by atoms with Gasteiger partial charge < -0.3 is 20.3 Å². The summed E-state index contributed by atoms with van der Waals surface area (Å²) in [4.78, 5) is 13.2. The number of anilines is 3. The summed E-state index contributed by atoms with van der Waals surface area (Å²) in [6, 6.07) is 20.3. The van der Waals surface area contributed by atoms with Crippen LogP contribution in [0.4, 0.5) is 16.4 Å². The number of hydrogen-bond acceptors (Lipinski definition) is 8. The normalized spacial score (nSPS) is 10.4. The van der Waals surface area contributed by atoms with E-state index in [4.69, 9.17) is 15.0 Å². The first-order valence-electron chi connectivity index (χ1n) is 8.91. The van der Waals surface area contributed by atoms with E-state index in [1.807, 2.05) is 42.5 Å². The highest BCUT2D eigenvalue weighted by atomic mass is 32.1. The van der Waals surface area contributed by atoms with Crippen molar-refractivity contribution in [3.8, 4) is 23.1 Å². The fraction of sp³-hybridized carbons (Fsp3) is 0.0455. The van der Waals surface area contributed by atoms with E-state index >= 15 is 0 Å². The molecule has 4 rings (SSSR count). The lowest BCUT2D eigenvalue weighted by atomic mass is 10.1. The summed E-state index contributed by atoms with van der Waals surface area (Å²) in [6.07, 6.45) is 0. The van der Waals surface area contributed by atoms with Crippen LogP contribution in [0.25, 0.3) is 11.3 Å². The van der Waals surface area contributed by atoms with E-state index in [1.54, 1.807) is 25.3 Å². The average Bonchev–Trinajstić information content (AvgIpc) is 3.39. The van der Waals surface area contributed by atoms with E-state index in [9.17, 15) is 10.1 Å². The minimum absolute atomic E-state index is 0.0511. The van der Waals surface area contributed by atoms with Crippen LogP contribution < -0.4 is 15.8 Å². The summed E-state index contributed by atoms with van der Waals surface area (Å²) >= 11 is 1.08. The zero-order valence-electron chi connectivity index (χ0n) is 15.9. The highest BCUT2D eigenvalue weighted by molar-refractivity contribution is 7.19. The molecule has 148 valence electrons. The zero-order chi connectivity index (χ0) is 21.1. The fourth-order valence-electron chi connectivity index (χ4n) is 2.92. The lowest BCUT2D eigenvalue weighted by Crippen LogP contribution is -2.01. The van der Waals surface area contributed by atoms with E-state index in [2.05, 4.69) is 16.5 Å². The quantitative estimate of drug-likeness (QED) is 0.432. The Kier molecular flexibility index (Phi) is 5.20. The molecule has 3 N–H and O–H groups in total. The first-order valence-corrected chi connectivity index (χ1v) is 9.73. The Morgan fingerprint density at radius 2 is 1.93 bits per heavy atom. The molecule has 0 amide bonds. The zero-order valence-corrected chi connectivity index (χ0v) is 16.7. The number of carbonyl (C=O) groups excluding carboxylic acids is 1.